The van der Waals surface area contributed by atoms with Crippen LogP contribution in [0.5, 0.6) is 0 Å². The first-order valence-electron chi connectivity index (χ1n) is 8.55. The fourth-order valence-electron chi connectivity index (χ4n) is 3.65. The zero-order chi connectivity index (χ0) is 16.2. The van der Waals surface area contributed by atoms with Gasteiger partial charge in [0.25, 0.3) is 5.69 Å². The highest BCUT2D eigenvalue weighted by Crippen LogP contribution is 2.21. The molecule has 23 heavy (non-hydrogen) atoms. The lowest BCUT2D eigenvalue weighted by atomic mass is 10.0. The van der Waals surface area contributed by atoms with Crippen molar-refractivity contribution in [3.63, 3.8) is 0 Å². The maximum atomic E-state index is 10.7. The first-order valence-corrected chi connectivity index (χ1v) is 8.55. The third kappa shape index (κ3) is 4.00. The molecule has 0 saturated carbocycles. The lowest BCUT2D eigenvalue weighted by Crippen LogP contribution is -2.51. The van der Waals surface area contributed by atoms with Crippen molar-refractivity contribution in [1.82, 2.24) is 9.80 Å². The fourth-order valence-corrected chi connectivity index (χ4v) is 3.65. The van der Waals surface area contributed by atoms with Gasteiger partial charge in [-0.25, -0.2) is 0 Å². The first kappa shape index (κ1) is 16.2. The summed E-state index contributed by atoms with van der Waals surface area (Å²) in [5.41, 5.74) is 1.25. The minimum absolute atomic E-state index is 0.160. The molecule has 2 heterocycles. The topological polar surface area (TPSA) is 52.9 Å². The Labute approximate surface area is 137 Å². The van der Waals surface area contributed by atoms with Gasteiger partial charge in [-0.3, -0.25) is 15.0 Å². The van der Waals surface area contributed by atoms with E-state index in [0.29, 0.717) is 6.04 Å². The molecule has 6 heteroatoms. The molecule has 0 amide bonds. The van der Waals surface area contributed by atoms with Crippen molar-refractivity contribution in [1.29, 1.82) is 0 Å². The number of nitro groups is 1. The maximum absolute atomic E-state index is 10.7. The summed E-state index contributed by atoms with van der Waals surface area (Å²) in [6.45, 7) is 6.53. The van der Waals surface area contributed by atoms with Gasteiger partial charge in [0, 0.05) is 56.6 Å². The number of nitrogens with zero attached hydrogens (tertiary/aromatic N) is 4. The average Bonchev–Trinajstić information content (AvgIpc) is 2.58. The zero-order valence-corrected chi connectivity index (χ0v) is 13.9. The number of rotatable bonds is 4. The molecule has 6 nitrogen and oxygen atoms in total. The molecule has 1 aromatic rings. The van der Waals surface area contributed by atoms with Crippen molar-refractivity contribution in [2.75, 3.05) is 51.2 Å². The highest BCUT2D eigenvalue weighted by molar-refractivity contribution is 5.51. The maximum Gasteiger partial charge on any atom is 0.269 e. The normalized spacial score (nSPS) is 23.9. The minimum Gasteiger partial charge on any atom is -0.369 e. The van der Waals surface area contributed by atoms with Gasteiger partial charge in [0.2, 0.25) is 0 Å². The number of likely N-dealkylation sites (tertiary alicyclic amines) is 1. The van der Waals surface area contributed by atoms with Crippen molar-refractivity contribution < 1.29 is 4.92 Å². The van der Waals surface area contributed by atoms with E-state index in [4.69, 9.17) is 0 Å². The number of hydrogen-bond acceptors (Lipinski definition) is 5. The summed E-state index contributed by atoms with van der Waals surface area (Å²) < 4.78 is 0. The fraction of sp³-hybridized carbons (Fsp3) is 0.647. The largest absolute Gasteiger partial charge is 0.369 e. The Morgan fingerprint density at radius 3 is 2.39 bits per heavy atom. The molecule has 0 aliphatic carbocycles. The van der Waals surface area contributed by atoms with Crippen molar-refractivity contribution in [3.05, 3.63) is 34.4 Å². The molecule has 3 rings (SSSR count). The Morgan fingerprint density at radius 1 is 1.09 bits per heavy atom. The lowest BCUT2D eigenvalue weighted by Gasteiger charge is -2.40. The van der Waals surface area contributed by atoms with Crippen LogP contribution in [0.15, 0.2) is 24.3 Å². The summed E-state index contributed by atoms with van der Waals surface area (Å²) in [6, 6.07) is 7.62. The molecule has 0 bridgehead atoms. The van der Waals surface area contributed by atoms with Crippen molar-refractivity contribution in [2.45, 2.75) is 25.3 Å². The van der Waals surface area contributed by atoms with Crippen molar-refractivity contribution in [2.24, 2.45) is 0 Å². The average molecular weight is 318 g/mol. The molecule has 126 valence electrons. The molecule has 2 aliphatic rings. The number of likely N-dealkylation sites (N-methyl/N-ethyl adjacent to an activating group) is 1. The van der Waals surface area contributed by atoms with E-state index in [2.05, 4.69) is 21.7 Å². The number of piperidine rings is 1. The molecule has 0 N–H and O–H groups in total. The second-order valence-electron chi connectivity index (χ2n) is 6.69. The molecular weight excluding hydrogens is 292 g/mol. The van der Waals surface area contributed by atoms with Crippen LogP contribution in [0.2, 0.25) is 0 Å². The summed E-state index contributed by atoms with van der Waals surface area (Å²) in [5, 5.41) is 10.7. The Morgan fingerprint density at radius 2 is 1.78 bits per heavy atom. The van der Waals surface area contributed by atoms with Gasteiger partial charge in [0.05, 0.1) is 4.92 Å². The summed E-state index contributed by atoms with van der Waals surface area (Å²) in [7, 11) is 2.25. The van der Waals surface area contributed by atoms with Crippen LogP contribution >= 0.6 is 0 Å². The number of anilines is 1. The van der Waals surface area contributed by atoms with Crippen molar-refractivity contribution >= 4 is 11.4 Å². The number of benzene rings is 1. The predicted molar refractivity (Wildman–Crippen MR) is 92.0 cm³/mol. The quantitative estimate of drug-likeness (QED) is 0.629. The minimum atomic E-state index is -0.345. The Bertz CT molecular complexity index is 526. The van der Waals surface area contributed by atoms with Gasteiger partial charge in [-0.2, -0.15) is 0 Å². The number of non-ortho nitro benzene ring substituents is 1. The van der Waals surface area contributed by atoms with E-state index < -0.39 is 0 Å². The highest BCUT2D eigenvalue weighted by Gasteiger charge is 2.24. The summed E-state index contributed by atoms with van der Waals surface area (Å²) in [6.07, 6.45) is 4.01. The van der Waals surface area contributed by atoms with Crippen LogP contribution in [-0.4, -0.2) is 67.1 Å². The van der Waals surface area contributed by atoms with Gasteiger partial charge < -0.3 is 9.80 Å². The predicted octanol–water partition coefficient (Wildman–Crippen LogP) is 2.20. The molecule has 0 spiro atoms. The summed E-state index contributed by atoms with van der Waals surface area (Å²) in [5.74, 6) is 0. The molecule has 1 aromatic carbocycles. The van der Waals surface area contributed by atoms with E-state index >= 15 is 0 Å². The third-order valence-corrected chi connectivity index (χ3v) is 5.19. The van der Waals surface area contributed by atoms with Crippen LogP contribution in [0, 0.1) is 10.1 Å². The second kappa shape index (κ2) is 7.27. The molecule has 2 saturated heterocycles. The molecular formula is C17H26N4O2. The molecule has 2 aliphatic heterocycles. The van der Waals surface area contributed by atoms with Crippen LogP contribution < -0.4 is 4.90 Å². The molecule has 2 fully saturated rings. The second-order valence-corrected chi connectivity index (χ2v) is 6.69. The van der Waals surface area contributed by atoms with Crippen LogP contribution in [0.25, 0.3) is 0 Å². The SMILES string of the molecule is CN1CCCCC1CN1CCN(c2ccc([N+](=O)[O-])cc2)CC1. The van der Waals surface area contributed by atoms with Gasteiger partial charge in [0.15, 0.2) is 0 Å². The van der Waals surface area contributed by atoms with Crippen LogP contribution in [0.3, 0.4) is 0 Å². The smallest absolute Gasteiger partial charge is 0.269 e. The van der Waals surface area contributed by atoms with Crippen LogP contribution in [0.4, 0.5) is 11.4 Å². The van der Waals surface area contributed by atoms with E-state index in [1.165, 1.54) is 32.4 Å². The van der Waals surface area contributed by atoms with E-state index in [-0.39, 0.29) is 10.6 Å². The number of hydrogen-bond donors (Lipinski definition) is 0. The first-order chi connectivity index (χ1) is 11.1. The molecule has 0 radical (unpaired) electrons. The molecule has 1 atom stereocenters. The van der Waals surface area contributed by atoms with Crippen LogP contribution in [0.1, 0.15) is 19.3 Å². The van der Waals surface area contributed by atoms with Crippen molar-refractivity contribution in [3.8, 4) is 0 Å². The van der Waals surface area contributed by atoms with Crippen LogP contribution in [-0.2, 0) is 0 Å². The van der Waals surface area contributed by atoms with Gasteiger partial charge in [-0.15, -0.1) is 0 Å². The number of piperazine rings is 1. The monoisotopic (exact) mass is 318 g/mol. The van der Waals surface area contributed by atoms with E-state index in [1.807, 2.05) is 12.1 Å². The summed E-state index contributed by atoms with van der Waals surface area (Å²) in [4.78, 5) is 17.8. The number of nitro benzene ring substituents is 1. The van der Waals surface area contributed by atoms with Gasteiger partial charge in [-0.1, -0.05) is 6.42 Å². The molecule has 0 aromatic heterocycles. The van der Waals surface area contributed by atoms with E-state index in [0.717, 1.165) is 31.9 Å². The standard InChI is InChI=1S/C17H26N4O2/c1-18-9-3-2-4-17(18)14-19-10-12-20(13-11-19)15-5-7-16(8-6-15)21(22)23/h5-8,17H,2-4,9-14H2,1H3. The van der Waals surface area contributed by atoms with Gasteiger partial charge in [0.1, 0.15) is 0 Å². The highest BCUT2D eigenvalue weighted by atomic mass is 16.6. The van der Waals surface area contributed by atoms with Gasteiger partial charge >= 0.3 is 0 Å². The van der Waals surface area contributed by atoms with E-state index in [1.54, 1.807) is 12.1 Å². The van der Waals surface area contributed by atoms with Gasteiger partial charge in [-0.05, 0) is 38.6 Å². The Hall–Kier alpha value is -1.66. The summed E-state index contributed by atoms with van der Waals surface area (Å²) >= 11 is 0. The third-order valence-electron chi connectivity index (χ3n) is 5.19. The van der Waals surface area contributed by atoms with E-state index in [9.17, 15) is 10.1 Å². The molecule has 1 unspecified atom stereocenters. The lowest BCUT2D eigenvalue weighted by molar-refractivity contribution is -0.384. The zero-order valence-electron chi connectivity index (χ0n) is 13.9. The Kier molecular flexibility index (Phi) is 5.13. The Balaban J connectivity index is 1.50.